The number of alkyl halides is 3. The molecule has 1 aliphatic rings. The summed E-state index contributed by atoms with van der Waals surface area (Å²) >= 11 is 4.29. The van der Waals surface area contributed by atoms with E-state index in [2.05, 4.69) is 12.6 Å². The standard InChI is InChI=1S/C15H16F3NOS/c16-15(17,18)12-6-8-19(9-7-12)14(20)13(21)10-11-4-2-1-3-5-11/h1-6,13,21H,7-10H2. The van der Waals surface area contributed by atoms with E-state index >= 15 is 0 Å². The molecular formula is C15H16F3NOS. The molecule has 0 bridgehead atoms. The van der Waals surface area contributed by atoms with Crippen LogP contribution in [-0.2, 0) is 11.2 Å². The van der Waals surface area contributed by atoms with Gasteiger partial charge in [0.25, 0.3) is 0 Å². The zero-order valence-electron chi connectivity index (χ0n) is 11.3. The van der Waals surface area contributed by atoms with E-state index in [1.54, 1.807) is 0 Å². The minimum atomic E-state index is -4.29. The zero-order chi connectivity index (χ0) is 15.5. The van der Waals surface area contributed by atoms with Crippen LogP contribution in [0, 0.1) is 0 Å². The monoisotopic (exact) mass is 315 g/mol. The van der Waals surface area contributed by atoms with E-state index < -0.39 is 17.0 Å². The lowest BCUT2D eigenvalue weighted by Crippen LogP contribution is -2.41. The maximum absolute atomic E-state index is 12.5. The predicted molar refractivity (Wildman–Crippen MR) is 78.3 cm³/mol. The molecule has 1 atom stereocenters. The topological polar surface area (TPSA) is 20.3 Å². The van der Waals surface area contributed by atoms with Crippen LogP contribution in [0.2, 0.25) is 0 Å². The molecule has 2 rings (SSSR count). The van der Waals surface area contributed by atoms with Crippen molar-refractivity contribution in [3.05, 3.63) is 47.5 Å². The van der Waals surface area contributed by atoms with Crippen molar-refractivity contribution in [3.63, 3.8) is 0 Å². The van der Waals surface area contributed by atoms with Crippen molar-refractivity contribution in [2.45, 2.75) is 24.3 Å². The fourth-order valence-electron chi connectivity index (χ4n) is 2.26. The first-order valence-corrected chi connectivity index (χ1v) is 7.16. The number of thiol groups is 1. The lowest BCUT2D eigenvalue weighted by Gasteiger charge is -2.29. The normalized spacial score (nSPS) is 17.3. The molecule has 2 nitrogen and oxygen atoms in total. The molecule has 21 heavy (non-hydrogen) atoms. The van der Waals surface area contributed by atoms with Gasteiger partial charge in [0, 0.05) is 18.7 Å². The number of rotatable bonds is 3. The highest BCUT2D eigenvalue weighted by atomic mass is 32.1. The Morgan fingerprint density at radius 1 is 1.29 bits per heavy atom. The Bertz CT molecular complexity index is 527. The average Bonchev–Trinajstić information content (AvgIpc) is 2.46. The van der Waals surface area contributed by atoms with Crippen molar-refractivity contribution in [1.82, 2.24) is 4.90 Å². The first kappa shape index (κ1) is 15.9. The Morgan fingerprint density at radius 2 is 1.95 bits per heavy atom. The van der Waals surface area contributed by atoms with Crippen molar-refractivity contribution >= 4 is 18.5 Å². The number of carbonyl (C=O) groups excluding carboxylic acids is 1. The molecule has 1 aromatic rings. The van der Waals surface area contributed by atoms with Gasteiger partial charge in [-0.05, 0) is 18.4 Å². The summed E-state index contributed by atoms with van der Waals surface area (Å²) in [5, 5.41) is -0.534. The summed E-state index contributed by atoms with van der Waals surface area (Å²) in [7, 11) is 0. The van der Waals surface area contributed by atoms with Crippen LogP contribution < -0.4 is 0 Å². The number of carbonyl (C=O) groups is 1. The highest BCUT2D eigenvalue weighted by molar-refractivity contribution is 7.81. The summed E-state index contributed by atoms with van der Waals surface area (Å²) in [4.78, 5) is 13.6. The van der Waals surface area contributed by atoms with Crippen LogP contribution in [0.4, 0.5) is 13.2 Å². The summed E-state index contributed by atoms with van der Waals surface area (Å²) in [5.41, 5.74) is 0.430. The summed E-state index contributed by atoms with van der Waals surface area (Å²) in [5.74, 6) is -0.223. The molecule has 1 amide bonds. The Morgan fingerprint density at radius 3 is 2.48 bits per heavy atom. The molecule has 0 fully saturated rings. The SMILES string of the molecule is O=C(C(S)Cc1ccccc1)N1CC=C(C(F)(F)F)CC1. The third kappa shape index (κ3) is 4.27. The molecule has 0 aromatic heterocycles. The molecule has 1 aliphatic heterocycles. The number of nitrogens with zero attached hydrogens (tertiary/aromatic N) is 1. The summed E-state index contributed by atoms with van der Waals surface area (Å²) in [6.45, 7) is 0.0928. The Hall–Kier alpha value is -1.43. The largest absolute Gasteiger partial charge is 0.412 e. The Balaban J connectivity index is 1.94. The fraction of sp³-hybridized carbons (Fsp3) is 0.400. The van der Waals surface area contributed by atoms with E-state index in [4.69, 9.17) is 0 Å². The third-order valence-corrected chi connectivity index (χ3v) is 3.85. The molecule has 1 aromatic carbocycles. The maximum Gasteiger partial charge on any atom is 0.412 e. The van der Waals surface area contributed by atoms with Gasteiger partial charge in [0.15, 0.2) is 0 Å². The number of hydrogen-bond donors (Lipinski definition) is 1. The molecule has 0 aliphatic carbocycles. The molecule has 0 saturated carbocycles. The molecule has 0 spiro atoms. The zero-order valence-corrected chi connectivity index (χ0v) is 12.2. The predicted octanol–water partition coefficient (Wildman–Crippen LogP) is 3.25. The average molecular weight is 315 g/mol. The van der Waals surface area contributed by atoms with Crippen LogP contribution in [0.25, 0.3) is 0 Å². The van der Waals surface area contributed by atoms with E-state index in [9.17, 15) is 18.0 Å². The highest BCUT2D eigenvalue weighted by Gasteiger charge is 2.36. The van der Waals surface area contributed by atoms with Crippen LogP contribution in [0.15, 0.2) is 42.0 Å². The smallest absolute Gasteiger partial charge is 0.338 e. The maximum atomic E-state index is 12.5. The van der Waals surface area contributed by atoms with Crippen LogP contribution in [0.1, 0.15) is 12.0 Å². The van der Waals surface area contributed by atoms with Crippen molar-refractivity contribution in [3.8, 4) is 0 Å². The van der Waals surface area contributed by atoms with Gasteiger partial charge in [-0.3, -0.25) is 4.79 Å². The van der Waals surface area contributed by atoms with E-state index in [1.165, 1.54) is 4.90 Å². The van der Waals surface area contributed by atoms with E-state index in [1.807, 2.05) is 30.3 Å². The quantitative estimate of drug-likeness (QED) is 0.671. The summed E-state index contributed by atoms with van der Waals surface area (Å²) in [6.07, 6.45) is -2.89. The lowest BCUT2D eigenvalue weighted by atomic mass is 10.1. The number of benzene rings is 1. The first-order valence-electron chi connectivity index (χ1n) is 6.65. The van der Waals surface area contributed by atoms with Crippen molar-refractivity contribution in [2.75, 3.05) is 13.1 Å². The Kier molecular flexibility index (Phi) is 4.98. The molecule has 0 saturated heterocycles. The van der Waals surface area contributed by atoms with E-state index in [-0.39, 0.29) is 25.4 Å². The van der Waals surface area contributed by atoms with Crippen molar-refractivity contribution in [2.24, 2.45) is 0 Å². The van der Waals surface area contributed by atoms with Crippen LogP contribution in [0.3, 0.4) is 0 Å². The van der Waals surface area contributed by atoms with Gasteiger partial charge in [0.05, 0.1) is 5.25 Å². The second-order valence-corrected chi connectivity index (χ2v) is 5.59. The van der Waals surface area contributed by atoms with Gasteiger partial charge < -0.3 is 4.90 Å². The van der Waals surface area contributed by atoms with Crippen LogP contribution in [-0.4, -0.2) is 35.3 Å². The van der Waals surface area contributed by atoms with Gasteiger partial charge in [-0.1, -0.05) is 36.4 Å². The van der Waals surface area contributed by atoms with E-state index in [0.29, 0.717) is 6.42 Å². The lowest BCUT2D eigenvalue weighted by molar-refractivity contribution is -0.131. The third-order valence-electron chi connectivity index (χ3n) is 3.44. The minimum Gasteiger partial charge on any atom is -0.338 e. The van der Waals surface area contributed by atoms with E-state index in [0.717, 1.165) is 11.6 Å². The minimum absolute atomic E-state index is 0.000470. The Labute approximate surface area is 127 Å². The summed E-state index contributed by atoms with van der Waals surface area (Å²) in [6, 6.07) is 9.43. The second kappa shape index (κ2) is 6.56. The van der Waals surface area contributed by atoms with Gasteiger partial charge in [-0.25, -0.2) is 0 Å². The highest BCUT2D eigenvalue weighted by Crippen LogP contribution is 2.30. The molecule has 6 heteroatoms. The number of halogens is 3. The first-order chi connectivity index (χ1) is 9.88. The number of hydrogen-bond acceptors (Lipinski definition) is 2. The van der Waals surface area contributed by atoms with Crippen molar-refractivity contribution < 1.29 is 18.0 Å². The fourth-order valence-corrected chi connectivity index (χ4v) is 2.64. The van der Waals surface area contributed by atoms with Gasteiger partial charge >= 0.3 is 6.18 Å². The second-order valence-electron chi connectivity index (χ2n) is 4.97. The van der Waals surface area contributed by atoms with Gasteiger partial charge in [0.2, 0.25) is 5.91 Å². The molecule has 1 unspecified atom stereocenters. The van der Waals surface area contributed by atoms with Crippen LogP contribution >= 0.6 is 12.6 Å². The van der Waals surface area contributed by atoms with Crippen molar-refractivity contribution in [1.29, 1.82) is 0 Å². The molecular weight excluding hydrogens is 299 g/mol. The van der Waals surface area contributed by atoms with Crippen LogP contribution in [0.5, 0.6) is 0 Å². The molecule has 0 N–H and O–H groups in total. The summed E-state index contributed by atoms with van der Waals surface area (Å²) < 4.78 is 37.6. The van der Waals surface area contributed by atoms with Gasteiger partial charge in [-0.15, -0.1) is 0 Å². The van der Waals surface area contributed by atoms with Gasteiger partial charge in [0.1, 0.15) is 0 Å². The molecule has 114 valence electrons. The molecule has 1 heterocycles. The van der Waals surface area contributed by atoms with Gasteiger partial charge in [-0.2, -0.15) is 25.8 Å². The molecule has 0 radical (unpaired) electrons. The number of amides is 1.